The summed E-state index contributed by atoms with van der Waals surface area (Å²) in [7, 11) is 0. The second-order valence-electron chi connectivity index (χ2n) is 8.00. The SMILES string of the molecule is OCC1(Cc2ccc(F)cc2F)CCCN(Cc2ccc(-n3cccn3)cc2)C1. The van der Waals surface area contributed by atoms with Crippen molar-refractivity contribution in [1.29, 1.82) is 0 Å². The monoisotopic (exact) mass is 397 g/mol. The smallest absolute Gasteiger partial charge is 0.129 e. The van der Waals surface area contributed by atoms with Crippen LogP contribution in [0.2, 0.25) is 0 Å². The van der Waals surface area contributed by atoms with Gasteiger partial charge in [-0.3, -0.25) is 4.90 Å². The summed E-state index contributed by atoms with van der Waals surface area (Å²) in [6.45, 7) is 2.38. The molecule has 6 heteroatoms. The second-order valence-corrected chi connectivity index (χ2v) is 8.00. The van der Waals surface area contributed by atoms with E-state index in [0.717, 1.165) is 37.7 Å². The van der Waals surface area contributed by atoms with E-state index in [2.05, 4.69) is 22.1 Å². The number of piperidine rings is 1. The summed E-state index contributed by atoms with van der Waals surface area (Å²) in [6.07, 6.45) is 5.83. The molecule has 1 unspecified atom stereocenters. The van der Waals surface area contributed by atoms with Gasteiger partial charge in [0.15, 0.2) is 0 Å². The number of aliphatic hydroxyl groups is 1. The van der Waals surface area contributed by atoms with Crippen LogP contribution in [-0.2, 0) is 13.0 Å². The Balaban J connectivity index is 1.45. The lowest BCUT2D eigenvalue weighted by atomic mass is 9.75. The number of nitrogens with zero attached hydrogens (tertiary/aromatic N) is 3. The third-order valence-corrected chi connectivity index (χ3v) is 5.77. The maximum atomic E-state index is 14.2. The van der Waals surface area contributed by atoms with Gasteiger partial charge in [0.2, 0.25) is 0 Å². The highest BCUT2D eigenvalue weighted by atomic mass is 19.1. The van der Waals surface area contributed by atoms with Crippen LogP contribution in [0.1, 0.15) is 24.0 Å². The molecule has 4 nitrogen and oxygen atoms in total. The van der Waals surface area contributed by atoms with Crippen LogP contribution in [-0.4, -0.2) is 39.5 Å². The van der Waals surface area contributed by atoms with Crippen LogP contribution < -0.4 is 0 Å². The number of likely N-dealkylation sites (tertiary alicyclic amines) is 1. The molecule has 1 aliphatic heterocycles. The average Bonchev–Trinajstić information content (AvgIpc) is 3.26. The Hall–Kier alpha value is -2.57. The first-order valence-electron chi connectivity index (χ1n) is 9.93. The molecule has 1 atom stereocenters. The summed E-state index contributed by atoms with van der Waals surface area (Å²) in [5.41, 5.74) is 2.24. The number of hydrogen-bond acceptors (Lipinski definition) is 3. The standard InChI is InChI=1S/C23H25F2N3O/c24-20-6-5-19(22(25)13-20)14-23(17-29)9-1-11-27(16-23)15-18-3-7-21(8-4-18)28-12-2-10-26-28/h2-8,10,12-13,29H,1,9,11,14-17H2. The van der Waals surface area contributed by atoms with Crippen LogP contribution in [0.15, 0.2) is 60.9 Å². The van der Waals surface area contributed by atoms with Gasteiger partial charge in [-0.2, -0.15) is 5.10 Å². The van der Waals surface area contributed by atoms with E-state index in [0.29, 0.717) is 18.5 Å². The van der Waals surface area contributed by atoms with Crippen LogP contribution in [0.3, 0.4) is 0 Å². The zero-order valence-electron chi connectivity index (χ0n) is 16.3. The van der Waals surface area contributed by atoms with Crippen LogP contribution in [0, 0.1) is 17.0 Å². The normalized spacial score (nSPS) is 20.1. The molecule has 1 aliphatic rings. The van der Waals surface area contributed by atoms with Gasteiger partial charge in [-0.25, -0.2) is 13.5 Å². The first-order valence-corrected chi connectivity index (χ1v) is 9.93. The molecule has 1 aromatic heterocycles. The van der Waals surface area contributed by atoms with Crippen LogP contribution in [0.4, 0.5) is 8.78 Å². The number of halogens is 2. The molecule has 4 rings (SSSR count). The molecule has 29 heavy (non-hydrogen) atoms. The van der Waals surface area contributed by atoms with E-state index in [1.807, 2.05) is 29.1 Å². The highest BCUT2D eigenvalue weighted by Crippen LogP contribution is 2.34. The van der Waals surface area contributed by atoms with Gasteiger partial charge in [-0.05, 0) is 61.2 Å². The van der Waals surface area contributed by atoms with Crippen molar-refractivity contribution in [2.45, 2.75) is 25.8 Å². The molecule has 1 saturated heterocycles. The molecule has 0 amide bonds. The third kappa shape index (κ3) is 4.54. The predicted octanol–water partition coefficient (Wildman–Crippen LogP) is 3.97. The Morgan fingerprint density at radius 3 is 2.62 bits per heavy atom. The highest BCUT2D eigenvalue weighted by Gasteiger charge is 2.35. The number of hydrogen-bond donors (Lipinski definition) is 1. The fourth-order valence-corrected chi connectivity index (χ4v) is 4.28. The molecule has 0 radical (unpaired) electrons. The summed E-state index contributed by atoms with van der Waals surface area (Å²) in [5, 5.41) is 14.4. The van der Waals surface area contributed by atoms with Crippen molar-refractivity contribution in [2.24, 2.45) is 5.41 Å². The highest BCUT2D eigenvalue weighted by molar-refractivity contribution is 5.33. The largest absolute Gasteiger partial charge is 0.396 e. The number of aliphatic hydroxyl groups excluding tert-OH is 1. The van der Waals surface area contributed by atoms with Gasteiger partial charge >= 0.3 is 0 Å². The molecule has 0 spiro atoms. The molecular formula is C23H25F2N3O. The molecule has 1 N–H and O–H groups in total. The minimum atomic E-state index is -0.576. The fourth-order valence-electron chi connectivity index (χ4n) is 4.28. The summed E-state index contributed by atoms with van der Waals surface area (Å²) in [4.78, 5) is 2.31. The summed E-state index contributed by atoms with van der Waals surface area (Å²) < 4.78 is 29.2. The van der Waals surface area contributed by atoms with Crippen molar-refractivity contribution in [3.8, 4) is 5.69 Å². The van der Waals surface area contributed by atoms with E-state index in [-0.39, 0.29) is 6.61 Å². The molecule has 2 heterocycles. The van der Waals surface area contributed by atoms with Gasteiger partial charge in [-0.15, -0.1) is 0 Å². The first kappa shape index (κ1) is 19.7. The lowest BCUT2D eigenvalue weighted by molar-refractivity contribution is 0.0283. The Bertz CT molecular complexity index is 943. The topological polar surface area (TPSA) is 41.3 Å². The number of benzene rings is 2. The van der Waals surface area contributed by atoms with Crippen molar-refractivity contribution in [1.82, 2.24) is 14.7 Å². The molecule has 152 valence electrons. The van der Waals surface area contributed by atoms with E-state index in [4.69, 9.17) is 0 Å². The van der Waals surface area contributed by atoms with E-state index in [9.17, 15) is 13.9 Å². The lowest BCUT2D eigenvalue weighted by Crippen LogP contribution is -2.46. The Kier molecular flexibility index (Phi) is 5.74. The van der Waals surface area contributed by atoms with Gasteiger partial charge in [0, 0.05) is 37.0 Å². The van der Waals surface area contributed by atoms with E-state index in [1.54, 1.807) is 6.20 Å². The molecule has 3 aromatic rings. The van der Waals surface area contributed by atoms with E-state index in [1.165, 1.54) is 17.7 Å². The van der Waals surface area contributed by atoms with Gasteiger partial charge in [0.25, 0.3) is 0 Å². The van der Waals surface area contributed by atoms with Crippen molar-refractivity contribution >= 4 is 0 Å². The van der Waals surface area contributed by atoms with Gasteiger partial charge in [0.1, 0.15) is 11.6 Å². The quantitative estimate of drug-likeness (QED) is 0.684. The molecular weight excluding hydrogens is 372 g/mol. The number of rotatable bonds is 6. The minimum Gasteiger partial charge on any atom is -0.396 e. The minimum absolute atomic E-state index is 0.0153. The van der Waals surface area contributed by atoms with Crippen molar-refractivity contribution < 1.29 is 13.9 Å². The first-order chi connectivity index (χ1) is 14.1. The Morgan fingerprint density at radius 2 is 1.93 bits per heavy atom. The summed E-state index contributed by atoms with van der Waals surface area (Å²) in [6, 6.07) is 13.8. The summed E-state index contributed by atoms with van der Waals surface area (Å²) in [5.74, 6) is -1.11. The van der Waals surface area contributed by atoms with Crippen molar-refractivity contribution in [2.75, 3.05) is 19.7 Å². The molecule has 0 saturated carbocycles. The molecule has 2 aromatic carbocycles. The maximum Gasteiger partial charge on any atom is 0.129 e. The van der Waals surface area contributed by atoms with Gasteiger partial charge < -0.3 is 5.11 Å². The van der Waals surface area contributed by atoms with Crippen LogP contribution in [0.5, 0.6) is 0 Å². The van der Waals surface area contributed by atoms with E-state index >= 15 is 0 Å². The zero-order chi connectivity index (χ0) is 20.3. The van der Waals surface area contributed by atoms with Crippen LogP contribution in [0.25, 0.3) is 5.69 Å². The molecule has 0 bridgehead atoms. The maximum absolute atomic E-state index is 14.2. The summed E-state index contributed by atoms with van der Waals surface area (Å²) >= 11 is 0. The Morgan fingerprint density at radius 1 is 1.10 bits per heavy atom. The second kappa shape index (κ2) is 8.43. The van der Waals surface area contributed by atoms with E-state index < -0.39 is 17.0 Å². The predicted molar refractivity (Wildman–Crippen MR) is 108 cm³/mol. The zero-order valence-corrected chi connectivity index (χ0v) is 16.3. The van der Waals surface area contributed by atoms with Gasteiger partial charge in [0.05, 0.1) is 12.3 Å². The third-order valence-electron chi connectivity index (χ3n) is 5.77. The number of aromatic nitrogens is 2. The van der Waals surface area contributed by atoms with Gasteiger partial charge in [-0.1, -0.05) is 18.2 Å². The van der Waals surface area contributed by atoms with Crippen molar-refractivity contribution in [3.63, 3.8) is 0 Å². The molecule has 1 fully saturated rings. The van der Waals surface area contributed by atoms with Crippen LogP contribution >= 0.6 is 0 Å². The lowest BCUT2D eigenvalue weighted by Gasteiger charge is -2.42. The van der Waals surface area contributed by atoms with Crippen molar-refractivity contribution in [3.05, 3.63) is 83.7 Å². The average molecular weight is 397 g/mol. The fraction of sp³-hybridized carbons (Fsp3) is 0.348. The molecule has 0 aliphatic carbocycles. The Labute approximate surface area is 169 Å².